The van der Waals surface area contributed by atoms with E-state index >= 15 is 0 Å². The fraction of sp³-hybridized carbons (Fsp3) is 0.467. The monoisotopic (exact) mass is 310 g/mol. The van der Waals surface area contributed by atoms with Crippen molar-refractivity contribution in [2.45, 2.75) is 31.1 Å². The van der Waals surface area contributed by atoms with Gasteiger partial charge in [-0.15, -0.1) is 0 Å². The summed E-state index contributed by atoms with van der Waals surface area (Å²) in [5.74, 6) is -1.10. The van der Waals surface area contributed by atoms with Crippen molar-refractivity contribution in [3.63, 3.8) is 0 Å². The van der Waals surface area contributed by atoms with E-state index in [1.165, 1.54) is 6.92 Å². The molecule has 1 rings (SSSR count). The third-order valence-electron chi connectivity index (χ3n) is 3.38. The molecule has 0 saturated heterocycles. The van der Waals surface area contributed by atoms with Crippen LogP contribution in [0.2, 0.25) is 0 Å². The van der Waals surface area contributed by atoms with Crippen molar-refractivity contribution in [1.82, 2.24) is 10.6 Å². The fourth-order valence-electron chi connectivity index (χ4n) is 1.80. The molecule has 0 aliphatic carbocycles. The first-order chi connectivity index (χ1) is 9.90. The summed E-state index contributed by atoms with van der Waals surface area (Å²) in [5, 5.41) is 15.1. The minimum absolute atomic E-state index is 0.449. The third kappa shape index (κ3) is 4.97. The number of hydrogen-bond acceptors (Lipinski definition) is 3. The van der Waals surface area contributed by atoms with Crippen LogP contribution in [0.25, 0.3) is 0 Å². The number of aliphatic carboxylic acids is 1. The van der Waals surface area contributed by atoms with Gasteiger partial charge in [0.1, 0.15) is 0 Å². The smallest absolute Gasteiger partial charge is 0.333 e. The molecule has 6 heteroatoms. The summed E-state index contributed by atoms with van der Waals surface area (Å²) in [7, 11) is 0. The average Bonchev–Trinajstić information content (AvgIpc) is 2.47. The highest BCUT2D eigenvalue weighted by Crippen LogP contribution is 2.20. The number of carbonyl (C=O) groups is 2. The summed E-state index contributed by atoms with van der Waals surface area (Å²) in [6.45, 7) is 4.07. The van der Waals surface area contributed by atoms with Gasteiger partial charge in [0.2, 0.25) is 0 Å². The molecule has 0 saturated carbocycles. The van der Waals surface area contributed by atoms with Gasteiger partial charge in [-0.3, -0.25) is 0 Å². The highest BCUT2D eigenvalue weighted by molar-refractivity contribution is 7.99. The first-order valence-corrected chi connectivity index (χ1v) is 8.06. The molecule has 0 spiro atoms. The zero-order chi connectivity index (χ0) is 15.9. The van der Waals surface area contributed by atoms with Crippen LogP contribution in [0.4, 0.5) is 4.79 Å². The molecule has 0 aliphatic rings. The molecule has 1 aromatic carbocycles. The lowest BCUT2D eigenvalue weighted by Gasteiger charge is -2.27. The lowest BCUT2D eigenvalue weighted by molar-refractivity contribution is -0.144. The van der Waals surface area contributed by atoms with Crippen LogP contribution in [-0.2, 0) is 10.3 Å². The maximum atomic E-state index is 11.9. The molecule has 116 valence electrons. The van der Waals surface area contributed by atoms with E-state index in [9.17, 15) is 14.7 Å². The second-order valence-corrected chi connectivity index (χ2v) is 6.29. The third-order valence-corrected chi connectivity index (χ3v) is 4.42. The Morgan fingerprint density at radius 3 is 2.48 bits per heavy atom. The molecule has 2 atom stereocenters. The summed E-state index contributed by atoms with van der Waals surface area (Å²) in [5.41, 5.74) is -0.915. The summed E-state index contributed by atoms with van der Waals surface area (Å²) < 4.78 is 0. The van der Waals surface area contributed by atoms with Crippen molar-refractivity contribution in [3.8, 4) is 0 Å². The van der Waals surface area contributed by atoms with E-state index in [0.29, 0.717) is 17.4 Å². The van der Waals surface area contributed by atoms with Crippen LogP contribution < -0.4 is 10.6 Å². The molecule has 0 aromatic heterocycles. The zero-order valence-corrected chi connectivity index (χ0v) is 13.4. The molecule has 1 aromatic rings. The van der Waals surface area contributed by atoms with E-state index in [0.717, 1.165) is 6.42 Å². The normalized spacial score (nSPS) is 14.8. The zero-order valence-electron chi connectivity index (χ0n) is 12.6. The van der Waals surface area contributed by atoms with Gasteiger partial charge in [-0.1, -0.05) is 37.3 Å². The van der Waals surface area contributed by atoms with Crippen molar-refractivity contribution < 1.29 is 14.7 Å². The van der Waals surface area contributed by atoms with Gasteiger partial charge in [0.05, 0.1) is 0 Å². The number of hydrogen-bond donors (Lipinski definition) is 3. The van der Waals surface area contributed by atoms with E-state index < -0.39 is 17.5 Å². The number of benzene rings is 1. The Hall–Kier alpha value is -1.69. The number of urea groups is 1. The van der Waals surface area contributed by atoms with E-state index in [1.807, 2.05) is 6.26 Å². The second-order valence-electron chi connectivity index (χ2n) is 5.01. The predicted octanol–water partition coefficient (Wildman–Crippen LogP) is 2.43. The van der Waals surface area contributed by atoms with Crippen molar-refractivity contribution in [2.24, 2.45) is 0 Å². The quantitative estimate of drug-likeness (QED) is 0.723. The lowest BCUT2D eigenvalue weighted by atomic mass is 9.92. The second kappa shape index (κ2) is 7.93. The number of nitrogens with one attached hydrogen (secondary N) is 2. The Balaban J connectivity index is 2.67. The minimum atomic E-state index is -1.45. The van der Waals surface area contributed by atoms with Gasteiger partial charge in [0, 0.05) is 11.8 Å². The predicted molar refractivity (Wildman–Crippen MR) is 85.6 cm³/mol. The highest BCUT2D eigenvalue weighted by Gasteiger charge is 2.36. The van der Waals surface area contributed by atoms with Crippen LogP contribution in [0.5, 0.6) is 0 Å². The number of carbonyl (C=O) groups excluding carboxylic acids is 1. The maximum absolute atomic E-state index is 11.9. The SMILES string of the molecule is CSC(C)CCNC(=O)NC(C)(C(=O)O)c1ccccc1. The maximum Gasteiger partial charge on any atom is 0.333 e. The van der Waals surface area contributed by atoms with Crippen molar-refractivity contribution in [2.75, 3.05) is 12.8 Å². The van der Waals surface area contributed by atoms with Crippen LogP contribution in [0.3, 0.4) is 0 Å². The van der Waals surface area contributed by atoms with Crippen LogP contribution in [0.15, 0.2) is 30.3 Å². The molecule has 5 nitrogen and oxygen atoms in total. The number of thioether (sulfide) groups is 1. The Morgan fingerprint density at radius 2 is 1.95 bits per heavy atom. The van der Waals surface area contributed by atoms with Gasteiger partial charge < -0.3 is 15.7 Å². The number of amides is 2. The molecule has 0 fully saturated rings. The molecule has 0 radical (unpaired) electrons. The Kier molecular flexibility index (Phi) is 6.55. The van der Waals surface area contributed by atoms with Gasteiger partial charge in [0.25, 0.3) is 0 Å². The van der Waals surface area contributed by atoms with Gasteiger partial charge >= 0.3 is 12.0 Å². The standard InChI is InChI=1S/C15H22N2O3S/c1-11(21-3)9-10-16-14(20)17-15(2,13(18)19)12-7-5-4-6-8-12/h4-8,11H,9-10H2,1-3H3,(H,18,19)(H2,16,17,20). The van der Waals surface area contributed by atoms with E-state index in [-0.39, 0.29) is 0 Å². The van der Waals surface area contributed by atoms with Crippen molar-refractivity contribution in [3.05, 3.63) is 35.9 Å². The topological polar surface area (TPSA) is 78.4 Å². The van der Waals surface area contributed by atoms with Crippen LogP contribution >= 0.6 is 11.8 Å². The highest BCUT2D eigenvalue weighted by atomic mass is 32.2. The van der Waals surface area contributed by atoms with Crippen molar-refractivity contribution in [1.29, 1.82) is 0 Å². The molecule has 2 unspecified atom stereocenters. The molecule has 21 heavy (non-hydrogen) atoms. The van der Waals surface area contributed by atoms with Gasteiger partial charge in [-0.25, -0.2) is 9.59 Å². The average molecular weight is 310 g/mol. The van der Waals surface area contributed by atoms with Gasteiger partial charge in [-0.2, -0.15) is 11.8 Å². The molecular weight excluding hydrogens is 288 g/mol. The van der Waals surface area contributed by atoms with E-state index in [4.69, 9.17) is 0 Å². The molecule has 0 aliphatic heterocycles. The molecule has 2 amide bonds. The molecule has 3 N–H and O–H groups in total. The van der Waals surface area contributed by atoms with Crippen LogP contribution in [0.1, 0.15) is 25.8 Å². The van der Waals surface area contributed by atoms with E-state index in [2.05, 4.69) is 17.6 Å². The molecule has 0 bridgehead atoms. The number of carboxylic acid groups (broad SMARTS) is 1. The Labute approximate surface area is 129 Å². The van der Waals surface area contributed by atoms with Crippen LogP contribution in [0, 0.1) is 0 Å². The number of carboxylic acids is 1. The molecule has 0 heterocycles. The van der Waals surface area contributed by atoms with Crippen LogP contribution in [-0.4, -0.2) is 35.2 Å². The fourth-order valence-corrected chi connectivity index (χ4v) is 2.15. The summed E-state index contributed by atoms with van der Waals surface area (Å²) >= 11 is 1.73. The summed E-state index contributed by atoms with van der Waals surface area (Å²) in [6.07, 6.45) is 2.85. The largest absolute Gasteiger partial charge is 0.479 e. The number of rotatable bonds is 7. The van der Waals surface area contributed by atoms with E-state index in [1.54, 1.807) is 42.1 Å². The summed E-state index contributed by atoms with van der Waals surface area (Å²) in [6, 6.07) is 8.19. The lowest BCUT2D eigenvalue weighted by Crippen LogP contribution is -2.53. The minimum Gasteiger partial charge on any atom is -0.479 e. The van der Waals surface area contributed by atoms with Gasteiger partial charge in [-0.05, 0) is 25.2 Å². The summed E-state index contributed by atoms with van der Waals surface area (Å²) in [4.78, 5) is 23.5. The molecular formula is C15H22N2O3S. The Bertz CT molecular complexity index is 481. The first-order valence-electron chi connectivity index (χ1n) is 6.78. The first kappa shape index (κ1) is 17.4. The van der Waals surface area contributed by atoms with Crippen molar-refractivity contribution >= 4 is 23.8 Å². The Morgan fingerprint density at radius 1 is 1.33 bits per heavy atom. The van der Waals surface area contributed by atoms with Gasteiger partial charge in [0.15, 0.2) is 5.54 Å².